The fourth-order valence-electron chi connectivity index (χ4n) is 6.19. The summed E-state index contributed by atoms with van der Waals surface area (Å²) in [7, 11) is 0. The average Bonchev–Trinajstić information content (AvgIpc) is 3.06. The molecule has 32 heavy (non-hydrogen) atoms. The van der Waals surface area contributed by atoms with Crippen LogP contribution in [0.2, 0.25) is 0 Å². The summed E-state index contributed by atoms with van der Waals surface area (Å²) in [5.74, 6) is 0.658. The van der Waals surface area contributed by atoms with Crippen molar-refractivity contribution < 1.29 is 9.13 Å². The number of halogens is 1. The summed E-state index contributed by atoms with van der Waals surface area (Å²) >= 11 is 0. The van der Waals surface area contributed by atoms with E-state index >= 15 is 0 Å². The topological polar surface area (TPSA) is 31.8 Å². The summed E-state index contributed by atoms with van der Waals surface area (Å²) in [6, 6.07) is 1.64. The van der Waals surface area contributed by atoms with E-state index in [1.165, 1.54) is 64.4 Å². The third-order valence-electron chi connectivity index (χ3n) is 7.96. The van der Waals surface area contributed by atoms with E-state index in [2.05, 4.69) is 26.6 Å². The molecule has 180 valence electrons. The van der Waals surface area contributed by atoms with Crippen LogP contribution < -0.4 is 4.90 Å². The van der Waals surface area contributed by atoms with E-state index in [9.17, 15) is 4.39 Å². The highest BCUT2D eigenvalue weighted by molar-refractivity contribution is 5.44. The molecule has 0 unspecified atom stereocenters. The molecule has 0 amide bonds. The molecular weight excluding hydrogens is 403 g/mol. The van der Waals surface area contributed by atoms with Crippen molar-refractivity contribution >= 4 is 5.69 Å². The molecule has 3 heterocycles. The van der Waals surface area contributed by atoms with Crippen LogP contribution in [0.5, 0.6) is 0 Å². The predicted octanol–water partition coefficient (Wildman–Crippen LogP) is 4.57. The van der Waals surface area contributed by atoms with Crippen molar-refractivity contribution in [1.82, 2.24) is 14.8 Å². The number of rotatable bonds is 8. The Morgan fingerprint density at radius 2 is 1.88 bits per heavy atom. The van der Waals surface area contributed by atoms with E-state index in [1.807, 2.05) is 6.20 Å². The maximum absolute atomic E-state index is 14.0. The van der Waals surface area contributed by atoms with Crippen LogP contribution >= 0.6 is 0 Å². The lowest BCUT2D eigenvalue weighted by molar-refractivity contribution is -0.0236. The summed E-state index contributed by atoms with van der Waals surface area (Å²) < 4.78 is 19.8. The lowest BCUT2D eigenvalue weighted by Crippen LogP contribution is -2.59. The van der Waals surface area contributed by atoms with Gasteiger partial charge < -0.3 is 14.5 Å². The smallest absolute Gasteiger partial charge is 0.143 e. The van der Waals surface area contributed by atoms with Gasteiger partial charge in [-0.2, -0.15) is 0 Å². The van der Waals surface area contributed by atoms with Crippen molar-refractivity contribution in [3.05, 3.63) is 24.3 Å². The van der Waals surface area contributed by atoms with Gasteiger partial charge in [0.05, 0.1) is 18.1 Å². The Hall–Kier alpha value is -1.24. The molecule has 4 rings (SSSR count). The van der Waals surface area contributed by atoms with Gasteiger partial charge in [0.1, 0.15) is 5.82 Å². The lowest BCUT2D eigenvalue weighted by Gasteiger charge is -2.49. The molecule has 1 aromatic rings. The number of aromatic nitrogens is 1. The molecule has 0 radical (unpaired) electrons. The van der Waals surface area contributed by atoms with Crippen molar-refractivity contribution in [2.75, 3.05) is 63.9 Å². The van der Waals surface area contributed by atoms with Gasteiger partial charge in [-0.15, -0.1) is 0 Å². The molecule has 0 aromatic carbocycles. The minimum atomic E-state index is -0.252. The van der Waals surface area contributed by atoms with E-state index < -0.39 is 0 Å². The number of hydrogen-bond acceptors (Lipinski definition) is 5. The van der Waals surface area contributed by atoms with E-state index in [0.717, 1.165) is 70.3 Å². The molecule has 3 fully saturated rings. The molecule has 1 saturated carbocycles. The first-order valence-corrected chi connectivity index (χ1v) is 13.1. The maximum Gasteiger partial charge on any atom is 0.143 e. The molecule has 1 aromatic heterocycles. The Morgan fingerprint density at radius 1 is 1.06 bits per heavy atom. The number of pyridine rings is 1. The molecule has 3 aliphatic rings. The highest BCUT2D eigenvalue weighted by atomic mass is 19.1. The van der Waals surface area contributed by atoms with E-state index in [-0.39, 0.29) is 11.4 Å². The van der Waals surface area contributed by atoms with Crippen LogP contribution in [0, 0.1) is 11.7 Å². The van der Waals surface area contributed by atoms with Crippen molar-refractivity contribution in [2.45, 2.75) is 70.3 Å². The van der Waals surface area contributed by atoms with Crippen LogP contribution in [0.3, 0.4) is 0 Å². The van der Waals surface area contributed by atoms with Gasteiger partial charge in [0, 0.05) is 64.1 Å². The van der Waals surface area contributed by atoms with Crippen LogP contribution in [-0.4, -0.2) is 79.3 Å². The minimum Gasteiger partial charge on any atom is -0.381 e. The Kier molecular flexibility index (Phi) is 8.78. The molecule has 0 bridgehead atoms. The molecule has 5 nitrogen and oxygen atoms in total. The highest BCUT2D eigenvalue weighted by Gasteiger charge is 2.40. The maximum atomic E-state index is 14.0. The number of anilines is 1. The summed E-state index contributed by atoms with van der Waals surface area (Å²) in [6.45, 7) is 11.7. The third kappa shape index (κ3) is 6.21. The number of ether oxygens (including phenoxy) is 1. The zero-order chi connectivity index (χ0) is 22.2. The Labute approximate surface area is 194 Å². The number of hydrogen-bond donors (Lipinski definition) is 0. The first-order valence-electron chi connectivity index (χ1n) is 13.1. The Bertz CT molecular complexity index is 690. The largest absolute Gasteiger partial charge is 0.381 e. The summed E-state index contributed by atoms with van der Waals surface area (Å²) in [5, 5.41) is 0. The predicted molar refractivity (Wildman–Crippen MR) is 129 cm³/mol. The molecule has 0 atom stereocenters. The van der Waals surface area contributed by atoms with Gasteiger partial charge in [-0.05, 0) is 51.0 Å². The lowest BCUT2D eigenvalue weighted by atomic mass is 9.86. The standard InChI is InChI=1S/C26H43FN4O/c1-2-11-30(25-18-24(27)19-28-20-25)22-26(9-16-32-17-10-26)31-13-6-12-29(14-15-31)21-23-7-4-3-5-8-23/h18-20,23H,2-17,21-22H2,1H3. The first-order chi connectivity index (χ1) is 15.7. The zero-order valence-corrected chi connectivity index (χ0v) is 20.1. The van der Waals surface area contributed by atoms with Gasteiger partial charge in [-0.25, -0.2) is 4.39 Å². The molecule has 0 N–H and O–H groups in total. The third-order valence-corrected chi connectivity index (χ3v) is 7.96. The molecular formula is C26H43FN4O. The van der Waals surface area contributed by atoms with Crippen LogP contribution in [0.1, 0.15) is 64.7 Å². The fraction of sp³-hybridized carbons (Fsp3) is 0.808. The van der Waals surface area contributed by atoms with E-state index in [4.69, 9.17) is 4.74 Å². The summed E-state index contributed by atoms with van der Waals surface area (Å²) in [6.07, 6.45) is 14.6. The van der Waals surface area contributed by atoms with Crippen LogP contribution in [0.25, 0.3) is 0 Å². The molecule has 6 heteroatoms. The minimum absolute atomic E-state index is 0.0978. The summed E-state index contributed by atoms with van der Waals surface area (Å²) in [5.41, 5.74) is 1.01. The van der Waals surface area contributed by atoms with Crippen molar-refractivity contribution in [2.24, 2.45) is 5.92 Å². The van der Waals surface area contributed by atoms with Gasteiger partial charge in [0.25, 0.3) is 0 Å². The van der Waals surface area contributed by atoms with E-state index in [0.29, 0.717) is 0 Å². The zero-order valence-electron chi connectivity index (χ0n) is 20.1. The average molecular weight is 447 g/mol. The van der Waals surface area contributed by atoms with Gasteiger partial charge in [-0.3, -0.25) is 9.88 Å². The highest BCUT2D eigenvalue weighted by Crippen LogP contribution is 2.32. The van der Waals surface area contributed by atoms with Crippen LogP contribution in [0.15, 0.2) is 18.5 Å². The van der Waals surface area contributed by atoms with Crippen molar-refractivity contribution in [1.29, 1.82) is 0 Å². The first kappa shape index (κ1) is 23.9. The van der Waals surface area contributed by atoms with E-state index in [1.54, 1.807) is 6.07 Å². The molecule has 2 saturated heterocycles. The van der Waals surface area contributed by atoms with Crippen molar-refractivity contribution in [3.8, 4) is 0 Å². The van der Waals surface area contributed by atoms with Crippen molar-refractivity contribution in [3.63, 3.8) is 0 Å². The van der Waals surface area contributed by atoms with Gasteiger partial charge in [-0.1, -0.05) is 26.2 Å². The van der Waals surface area contributed by atoms with Gasteiger partial charge in [0.2, 0.25) is 0 Å². The molecule has 1 aliphatic carbocycles. The monoisotopic (exact) mass is 446 g/mol. The normalized spacial score (nSPS) is 23.7. The van der Waals surface area contributed by atoms with Gasteiger partial charge in [0.15, 0.2) is 0 Å². The van der Waals surface area contributed by atoms with Gasteiger partial charge >= 0.3 is 0 Å². The number of nitrogens with zero attached hydrogens (tertiary/aromatic N) is 4. The Balaban J connectivity index is 1.45. The second-order valence-corrected chi connectivity index (χ2v) is 10.3. The quantitative estimate of drug-likeness (QED) is 0.584. The second-order valence-electron chi connectivity index (χ2n) is 10.3. The fourth-order valence-corrected chi connectivity index (χ4v) is 6.19. The molecule has 0 spiro atoms. The Morgan fingerprint density at radius 3 is 2.62 bits per heavy atom. The van der Waals surface area contributed by atoms with Crippen LogP contribution in [0.4, 0.5) is 10.1 Å². The SMILES string of the molecule is CCCN(CC1(N2CCCN(CC3CCCCC3)CC2)CCOCC1)c1cncc(F)c1. The summed E-state index contributed by atoms with van der Waals surface area (Å²) in [4.78, 5) is 12.0. The molecule has 2 aliphatic heterocycles. The van der Waals surface area contributed by atoms with Crippen LogP contribution in [-0.2, 0) is 4.74 Å². The second kappa shape index (κ2) is 11.8.